The topological polar surface area (TPSA) is 53.9 Å². The highest BCUT2D eigenvalue weighted by Gasteiger charge is 2.30. The summed E-state index contributed by atoms with van der Waals surface area (Å²) in [6.07, 6.45) is 0. The van der Waals surface area contributed by atoms with E-state index in [1.807, 2.05) is 86.6 Å². The highest BCUT2D eigenvalue weighted by Crippen LogP contribution is 2.39. The molecule has 0 fully saturated rings. The summed E-state index contributed by atoms with van der Waals surface area (Å²) in [7, 11) is 0. The Hall–Kier alpha value is -6.12. The van der Waals surface area contributed by atoms with Crippen molar-refractivity contribution < 1.29 is 17.6 Å². The first-order valence-corrected chi connectivity index (χ1v) is 14.5. The minimum absolute atomic E-state index is 0.0451. The monoisotopic (exact) mass is 624 g/mol. The zero-order chi connectivity index (χ0) is 33.3. The molecular formula is C39H24F4N4. The first-order chi connectivity index (χ1) is 22.6. The van der Waals surface area contributed by atoms with E-state index in [1.54, 1.807) is 18.2 Å². The van der Waals surface area contributed by atoms with Crippen LogP contribution in [0, 0.1) is 41.2 Å². The van der Waals surface area contributed by atoms with Gasteiger partial charge in [-0.3, -0.25) is 9.97 Å². The Labute approximate surface area is 269 Å². The summed E-state index contributed by atoms with van der Waals surface area (Å²) in [5.74, 6) is -3.99. The number of nitriles is 1. The van der Waals surface area contributed by atoms with Crippen LogP contribution < -0.4 is 0 Å². The number of rotatable bonds is 6. The van der Waals surface area contributed by atoms with Crippen LogP contribution in [-0.4, -0.2) is 9.97 Å². The SMILES string of the molecule is [C-]#[N+]c1c(F)ccc(-c2cc(-c3ccccc3)cc(C(C)(C)c3cc(-c4ccccc4)cc(-c4ccc(F)c(C#N)c4F)n3)n2)c1F. The van der Waals surface area contributed by atoms with Gasteiger partial charge in [-0.25, -0.2) is 22.4 Å². The lowest BCUT2D eigenvalue weighted by Crippen LogP contribution is -2.23. The molecule has 0 spiro atoms. The standard InChI is InChI=1S/C39H24F4N4/c1-39(2,34-20-25(23-10-6-4-7-11-23)18-32(46-34)27-14-16-30(40)29(22-44)36(27)42)35-21-26(24-12-8-5-9-13-24)19-33(47-35)28-15-17-31(41)38(45-3)37(28)43/h4-21H,1-2H3. The minimum Gasteiger partial charge on any atom is -0.252 e. The summed E-state index contributed by atoms with van der Waals surface area (Å²) in [5, 5.41) is 9.42. The van der Waals surface area contributed by atoms with E-state index < -0.39 is 39.9 Å². The molecule has 0 bridgehead atoms. The van der Waals surface area contributed by atoms with Crippen molar-refractivity contribution in [2.24, 2.45) is 0 Å². The van der Waals surface area contributed by atoms with E-state index in [-0.39, 0.29) is 22.5 Å². The van der Waals surface area contributed by atoms with Crippen LogP contribution in [0.3, 0.4) is 0 Å². The van der Waals surface area contributed by atoms with Crippen LogP contribution in [0.5, 0.6) is 0 Å². The number of hydrogen-bond acceptors (Lipinski definition) is 3. The van der Waals surface area contributed by atoms with E-state index in [9.17, 15) is 14.0 Å². The summed E-state index contributed by atoms with van der Waals surface area (Å²) in [5.41, 5.74) is 1.73. The lowest BCUT2D eigenvalue weighted by Gasteiger charge is -2.27. The van der Waals surface area contributed by atoms with E-state index in [0.717, 1.165) is 23.3 Å². The maximum Gasteiger partial charge on any atom is 0.257 e. The molecule has 2 aromatic heterocycles. The quantitative estimate of drug-likeness (QED) is 0.137. The van der Waals surface area contributed by atoms with Gasteiger partial charge in [0.1, 0.15) is 29.1 Å². The van der Waals surface area contributed by atoms with E-state index in [1.165, 1.54) is 12.1 Å². The zero-order valence-corrected chi connectivity index (χ0v) is 25.2. The van der Waals surface area contributed by atoms with Gasteiger partial charge in [0.05, 0.1) is 29.3 Å². The highest BCUT2D eigenvalue weighted by molar-refractivity contribution is 5.76. The van der Waals surface area contributed by atoms with Gasteiger partial charge < -0.3 is 0 Å². The van der Waals surface area contributed by atoms with Crippen LogP contribution in [0.4, 0.5) is 23.2 Å². The predicted octanol–water partition coefficient (Wildman–Crippen LogP) is 10.4. The first-order valence-electron chi connectivity index (χ1n) is 14.5. The molecule has 0 atom stereocenters. The summed E-state index contributed by atoms with van der Waals surface area (Å²) in [6, 6.07) is 31.9. The fourth-order valence-electron chi connectivity index (χ4n) is 5.40. The number of hydrogen-bond donors (Lipinski definition) is 0. The van der Waals surface area contributed by atoms with Crippen LogP contribution in [0.25, 0.3) is 49.6 Å². The van der Waals surface area contributed by atoms with Crippen LogP contribution in [0.1, 0.15) is 30.8 Å². The lowest BCUT2D eigenvalue weighted by molar-refractivity contribution is 0.577. The smallest absolute Gasteiger partial charge is 0.252 e. The van der Waals surface area contributed by atoms with Crippen molar-refractivity contribution in [1.29, 1.82) is 5.26 Å². The Morgan fingerprint density at radius 1 is 0.617 bits per heavy atom. The maximum absolute atomic E-state index is 15.5. The molecule has 0 N–H and O–H groups in total. The van der Waals surface area contributed by atoms with Crippen molar-refractivity contribution in [1.82, 2.24) is 9.97 Å². The molecule has 0 amide bonds. The molecule has 6 aromatic rings. The average Bonchev–Trinajstić information content (AvgIpc) is 3.09. The third-order valence-corrected chi connectivity index (χ3v) is 8.08. The fraction of sp³-hybridized carbons (Fsp3) is 0.0769. The molecule has 0 saturated carbocycles. The molecule has 0 radical (unpaired) electrons. The number of pyridine rings is 2. The van der Waals surface area contributed by atoms with Crippen molar-refractivity contribution in [3.8, 4) is 50.8 Å². The zero-order valence-electron chi connectivity index (χ0n) is 25.2. The van der Waals surface area contributed by atoms with Crippen molar-refractivity contribution in [3.63, 3.8) is 0 Å². The summed E-state index contributed by atoms with van der Waals surface area (Å²) < 4.78 is 59.6. The van der Waals surface area contributed by atoms with Crippen LogP contribution in [0.2, 0.25) is 0 Å². The van der Waals surface area contributed by atoms with Crippen molar-refractivity contribution in [3.05, 3.63) is 161 Å². The van der Waals surface area contributed by atoms with Crippen LogP contribution in [-0.2, 0) is 5.41 Å². The predicted molar refractivity (Wildman–Crippen MR) is 173 cm³/mol. The first kappa shape index (κ1) is 30.9. The Bertz CT molecular complexity index is 2080. The number of nitrogens with zero attached hydrogens (tertiary/aromatic N) is 4. The fourth-order valence-corrected chi connectivity index (χ4v) is 5.40. The van der Waals surface area contributed by atoms with Gasteiger partial charge in [0.2, 0.25) is 0 Å². The van der Waals surface area contributed by atoms with Gasteiger partial charge >= 0.3 is 0 Å². The number of halogens is 4. The second kappa shape index (κ2) is 12.3. The van der Waals surface area contributed by atoms with Gasteiger partial charge in [-0.2, -0.15) is 5.26 Å². The average molecular weight is 625 g/mol. The molecule has 0 saturated heterocycles. The van der Waals surface area contributed by atoms with Gasteiger partial charge in [-0.15, -0.1) is 0 Å². The van der Waals surface area contributed by atoms with Gasteiger partial charge in [0.15, 0.2) is 5.82 Å². The summed E-state index contributed by atoms with van der Waals surface area (Å²) >= 11 is 0. The van der Waals surface area contributed by atoms with E-state index in [4.69, 9.17) is 16.5 Å². The largest absolute Gasteiger partial charge is 0.257 e. The molecule has 4 nitrogen and oxygen atoms in total. The van der Waals surface area contributed by atoms with Crippen LogP contribution in [0.15, 0.2) is 109 Å². The van der Waals surface area contributed by atoms with Gasteiger partial charge in [-0.1, -0.05) is 60.7 Å². The summed E-state index contributed by atoms with van der Waals surface area (Å²) in [6.45, 7) is 11.0. The molecule has 0 aliphatic heterocycles. The Morgan fingerprint density at radius 2 is 1.09 bits per heavy atom. The Kier molecular flexibility index (Phi) is 8.11. The molecule has 228 valence electrons. The lowest BCUT2D eigenvalue weighted by atomic mass is 9.82. The van der Waals surface area contributed by atoms with E-state index >= 15 is 8.78 Å². The molecule has 2 heterocycles. The third kappa shape index (κ3) is 5.74. The van der Waals surface area contributed by atoms with E-state index in [0.29, 0.717) is 22.5 Å². The van der Waals surface area contributed by atoms with Crippen molar-refractivity contribution >= 4 is 5.69 Å². The second-order valence-corrected chi connectivity index (χ2v) is 11.4. The minimum atomic E-state index is -1.03. The van der Waals surface area contributed by atoms with Gasteiger partial charge in [-0.05, 0) is 84.6 Å². The molecular weight excluding hydrogens is 600 g/mol. The number of aromatic nitrogens is 2. The molecule has 47 heavy (non-hydrogen) atoms. The Morgan fingerprint density at radius 3 is 1.55 bits per heavy atom. The molecule has 4 aromatic carbocycles. The summed E-state index contributed by atoms with van der Waals surface area (Å²) in [4.78, 5) is 12.7. The molecule has 0 aliphatic rings. The van der Waals surface area contributed by atoms with Gasteiger partial charge in [0.25, 0.3) is 5.69 Å². The van der Waals surface area contributed by atoms with Crippen molar-refractivity contribution in [2.45, 2.75) is 19.3 Å². The third-order valence-electron chi connectivity index (χ3n) is 8.08. The molecule has 0 aliphatic carbocycles. The van der Waals surface area contributed by atoms with Gasteiger partial charge in [0, 0.05) is 16.5 Å². The second-order valence-electron chi connectivity index (χ2n) is 11.4. The molecule has 8 heteroatoms. The molecule has 6 rings (SSSR count). The van der Waals surface area contributed by atoms with Crippen LogP contribution >= 0.6 is 0 Å². The van der Waals surface area contributed by atoms with E-state index in [2.05, 4.69) is 4.85 Å². The number of benzene rings is 4. The maximum atomic E-state index is 15.5. The molecule has 0 unspecified atom stereocenters. The highest BCUT2D eigenvalue weighted by atomic mass is 19.1. The Balaban J connectivity index is 1.61. The van der Waals surface area contributed by atoms with Crippen molar-refractivity contribution in [2.75, 3.05) is 0 Å². The normalized spacial score (nSPS) is 11.1.